The lowest BCUT2D eigenvalue weighted by Crippen LogP contribution is -2.24. The number of thiol groups is 1. The molecular formula is C9H11NOS2. The summed E-state index contributed by atoms with van der Waals surface area (Å²) in [4.78, 5) is 11.0. The average Bonchev–Trinajstić information content (AvgIpc) is 2.17. The Morgan fingerprint density at radius 2 is 2.08 bits per heavy atom. The fourth-order valence-electron chi connectivity index (χ4n) is 0.906. The highest BCUT2D eigenvalue weighted by Gasteiger charge is 1.98. The molecule has 0 aliphatic carbocycles. The molecule has 1 N–H and O–H groups in total. The number of hydrogen-bond acceptors (Lipinski definition) is 3. The van der Waals surface area contributed by atoms with Gasteiger partial charge in [-0.05, 0) is 5.56 Å². The number of benzene rings is 1. The Bertz CT molecular complexity index is 264. The summed E-state index contributed by atoms with van der Waals surface area (Å²) in [5.41, 5.74) is 1.11. The highest BCUT2D eigenvalue weighted by atomic mass is 33.1. The highest BCUT2D eigenvalue weighted by Crippen LogP contribution is 2.03. The second-order valence-electron chi connectivity index (χ2n) is 2.54. The van der Waals surface area contributed by atoms with Crippen LogP contribution in [-0.4, -0.2) is 11.7 Å². The molecule has 1 amide bonds. The van der Waals surface area contributed by atoms with E-state index in [1.54, 1.807) is 0 Å². The summed E-state index contributed by atoms with van der Waals surface area (Å²) in [5.74, 6) is 0.416. The van der Waals surface area contributed by atoms with E-state index in [1.807, 2.05) is 30.3 Å². The van der Waals surface area contributed by atoms with Gasteiger partial charge in [-0.25, -0.2) is 0 Å². The Morgan fingerprint density at radius 3 is 2.69 bits per heavy atom. The first-order valence-corrected chi connectivity index (χ1v) is 5.93. The fraction of sp³-hybridized carbons (Fsp3) is 0.222. The van der Waals surface area contributed by atoms with Gasteiger partial charge in [-0.2, -0.15) is 0 Å². The first-order valence-electron chi connectivity index (χ1n) is 3.90. The van der Waals surface area contributed by atoms with Gasteiger partial charge in [-0.15, -0.1) is 11.7 Å². The van der Waals surface area contributed by atoms with E-state index in [9.17, 15) is 4.79 Å². The summed E-state index contributed by atoms with van der Waals surface area (Å²) in [5, 5.41) is 2.79. The van der Waals surface area contributed by atoms with Crippen LogP contribution in [0.5, 0.6) is 0 Å². The molecule has 13 heavy (non-hydrogen) atoms. The summed E-state index contributed by atoms with van der Waals surface area (Å²) in [6.07, 6.45) is 0. The second-order valence-corrected chi connectivity index (χ2v) is 3.86. The predicted molar refractivity (Wildman–Crippen MR) is 59.7 cm³/mol. The molecular weight excluding hydrogens is 202 g/mol. The van der Waals surface area contributed by atoms with Crippen LogP contribution in [0.15, 0.2) is 30.3 Å². The van der Waals surface area contributed by atoms with Gasteiger partial charge in [0.2, 0.25) is 5.91 Å². The molecule has 0 aliphatic heterocycles. The SMILES string of the molecule is O=C(CSS)NCc1ccccc1. The van der Waals surface area contributed by atoms with Gasteiger partial charge in [-0.3, -0.25) is 4.79 Å². The number of amides is 1. The molecule has 0 saturated heterocycles. The van der Waals surface area contributed by atoms with Gasteiger partial charge in [0.1, 0.15) is 0 Å². The summed E-state index contributed by atoms with van der Waals surface area (Å²) in [6, 6.07) is 9.82. The van der Waals surface area contributed by atoms with Crippen molar-refractivity contribution >= 4 is 28.4 Å². The molecule has 1 aromatic rings. The standard InChI is InChI=1S/C9H11NOS2/c11-9(7-13-12)10-6-8-4-2-1-3-5-8/h1-5,12H,6-7H2,(H,10,11). The Kier molecular flexibility index (Phi) is 4.78. The van der Waals surface area contributed by atoms with Crippen LogP contribution in [0.4, 0.5) is 0 Å². The van der Waals surface area contributed by atoms with E-state index >= 15 is 0 Å². The summed E-state index contributed by atoms with van der Waals surface area (Å²) in [7, 11) is 1.23. The molecule has 1 rings (SSSR count). The number of carbonyl (C=O) groups excluding carboxylic acids is 1. The third kappa shape index (κ3) is 4.24. The zero-order valence-corrected chi connectivity index (χ0v) is 8.78. The van der Waals surface area contributed by atoms with Crippen LogP contribution < -0.4 is 5.32 Å². The average molecular weight is 213 g/mol. The molecule has 70 valence electrons. The van der Waals surface area contributed by atoms with Crippen LogP contribution in [-0.2, 0) is 11.3 Å². The molecule has 0 atom stereocenters. The van der Waals surface area contributed by atoms with E-state index < -0.39 is 0 Å². The number of rotatable bonds is 4. The Balaban J connectivity index is 2.31. The third-order valence-corrected chi connectivity index (χ3v) is 2.31. The van der Waals surface area contributed by atoms with Gasteiger partial charge in [0.25, 0.3) is 0 Å². The van der Waals surface area contributed by atoms with Crippen molar-refractivity contribution < 1.29 is 4.79 Å². The van der Waals surface area contributed by atoms with Crippen molar-refractivity contribution in [3.63, 3.8) is 0 Å². The number of nitrogens with one attached hydrogen (secondary N) is 1. The largest absolute Gasteiger partial charge is 0.351 e. The van der Waals surface area contributed by atoms with E-state index in [4.69, 9.17) is 0 Å². The predicted octanol–water partition coefficient (Wildman–Crippen LogP) is 1.88. The maximum atomic E-state index is 11.0. The summed E-state index contributed by atoms with van der Waals surface area (Å²) < 4.78 is 0. The first-order chi connectivity index (χ1) is 6.33. The molecule has 0 bridgehead atoms. The van der Waals surface area contributed by atoms with Crippen LogP contribution in [0, 0.1) is 0 Å². The van der Waals surface area contributed by atoms with Gasteiger partial charge in [0.05, 0.1) is 5.75 Å². The Hall–Kier alpha value is -0.610. The van der Waals surface area contributed by atoms with Crippen molar-refractivity contribution in [2.75, 3.05) is 5.75 Å². The molecule has 4 heteroatoms. The molecule has 0 aliphatic rings. The van der Waals surface area contributed by atoms with Crippen LogP contribution in [0.2, 0.25) is 0 Å². The van der Waals surface area contributed by atoms with Crippen molar-refractivity contribution in [1.29, 1.82) is 0 Å². The zero-order chi connectivity index (χ0) is 9.52. The minimum Gasteiger partial charge on any atom is -0.351 e. The lowest BCUT2D eigenvalue weighted by atomic mass is 10.2. The Morgan fingerprint density at radius 1 is 1.38 bits per heavy atom. The van der Waals surface area contributed by atoms with Crippen molar-refractivity contribution in [2.45, 2.75) is 6.54 Å². The van der Waals surface area contributed by atoms with Crippen LogP contribution in [0.1, 0.15) is 5.56 Å². The lowest BCUT2D eigenvalue weighted by molar-refractivity contribution is -0.118. The fourth-order valence-corrected chi connectivity index (χ4v) is 1.48. The maximum Gasteiger partial charge on any atom is 0.231 e. The van der Waals surface area contributed by atoms with E-state index in [0.29, 0.717) is 12.3 Å². The molecule has 0 spiro atoms. The molecule has 0 heterocycles. The van der Waals surface area contributed by atoms with Crippen molar-refractivity contribution in [3.05, 3.63) is 35.9 Å². The molecule has 0 aromatic heterocycles. The molecule has 0 radical (unpaired) electrons. The monoisotopic (exact) mass is 213 g/mol. The number of hydrogen-bond donors (Lipinski definition) is 2. The molecule has 1 aromatic carbocycles. The molecule has 2 nitrogen and oxygen atoms in total. The molecule has 0 unspecified atom stereocenters. The van der Waals surface area contributed by atoms with Gasteiger partial charge < -0.3 is 5.32 Å². The van der Waals surface area contributed by atoms with Gasteiger partial charge in [0.15, 0.2) is 0 Å². The van der Waals surface area contributed by atoms with E-state index in [-0.39, 0.29) is 5.91 Å². The van der Waals surface area contributed by atoms with Gasteiger partial charge >= 0.3 is 0 Å². The van der Waals surface area contributed by atoms with E-state index in [0.717, 1.165) is 5.56 Å². The van der Waals surface area contributed by atoms with Gasteiger partial charge in [0, 0.05) is 6.54 Å². The number of carbonyl (C=O) groups is 1. The van der Waals surface area contributed by atoms with Gasteiger partial charge in [-0.1, -0.05) is 41.1 Å². The summed E-state index contributed by atoms with van der Waals surface area (Å²) in [6.45, 7) is 0.591. The Labute approximate surface area is 86.9 Å². The van der Waals surface area contributed by atoms with E-state index in [1.165, 1.54) is 10.8 Å². The van der Waals surface area contributed by atoms with Crippen LogP contribution in [0.25, 0.3) is 0 Å². The quantitative estimate of drug-likeness (QED) is 0.590. The van der Waals surface area contributed by atoms with Crippen LogP contribution >= 0.6 is 22.5 Å². The van der Waals surface area contributed by atoms with E-state index in [2.05, 4.69) is 17.0 Å². The smallest absolute Gasteiger partial charge is 0.231 e. The minimum absolute atomic E-state index is 0.0175. The lowest BCUT2D eigenvalue weighted by Gasteiger charge is -2.02. The first kappa shape index (κ1) is 10.5. The topological polar surface area (TPSA) is 29.1 Å². The second kappa shape index (κ2) is 5.94. The normalized spacial score (nSPS) is 9.62. The highest BCUT2D eigenvalue weighted by molar-refractivity contribution is 8.68. The maximum absolute atomic E-state index is 11.0. The van der Waals surface area contributed by atoms with Crippen molar-refractivity contribution in [2.24, 2.45) is 0 Å². The van der Waals surface area contributed by atoms with Crippen LogP contribution in [0.3, 0.4) is 0 Å². The van der Waals surface area contributed by atoms with Crippen molar-refractivity contribution in [3.8, 4) is 0 Å². The molecule has 0 saturated carbocycles. The van der Waals surface area contributed by atoms with Crippen molar-refractivity contribution in [1.82, 2.24) is 5.32 Å². The third-order valence-electron chi connectivity index (χ3n) is 1.53. The zero-order valence-electron chi connectivity index (χ0n) is 7.06. The molecule has 0 fully saturated rings. The minimum atomic E-state index is 0.0175. The summed E-state index contributed by atoms with van der Waals surface area (Å²) >= 11 is 3.90.